The molecule has 0 saturated carbocycles. The van der Waals surface area contributed by atoms with Gasteiger partial charge in [-0.25, -0.2) is 9.97 Å². The number of nitrogens with zero attached hydrogens (tertiary/aromatic N) is 4. The summed E-state index contributed by atoms with van der Waals surface area (Å²) in [7, 11) is 1.66. The Morgan fingerprint density at radius 3 is 2.59 bits per heavy atom. The second-order valence-corrected chi connectivity index (χ2v) is 7.53. The number of fused-ring (bicyclic) bond motifs is 1. The summed E-state index contributed by atoms with van der Waals surface area (Å²) in [5.41, 5.74) is 3.36. The van der Waals surface area contributed by atoms with Gasteiger partial charge in [0.25, 0.3) is 5.56 Å². The summed E-state index contributed by atoms with van der Waals surface area (Å²) in [4.78, 5) is 36.3. The fraction of sp³-hybridized carbons (Fsp3) is 0.364. The summed E-state index contributed by atoms with van der Waals surface area (Å²) in [5, 5.41) is 2.72. The van der Waals surface area contributed by atoms with E-state index in [-0.39, 0.29) is 17.4 Å². The van der Waals surface area contributed by atoms with E-state index in [4.69, 9.17) is 0 Å². The van der Waals surface area contributed by atoms with Crippen LogP contribution >= 0.6 is 0 Å². The Kier molecular flexibility index (Phi) is 5.29. The molecule has 4 rings (SSSR count). The second kappa shape index (κ2) is 8.03. The molecule has 1 aromatic carbocycles. The van der Waals surface area contributed by atoms with E-state index in [0.29, 0.717) is 49.5 Å². The van der Waals surface area contributed by atoms with Crippen LogP contribution in [0.4, 0.5) is 5.82 Å². The molecule has 1 N–H and O–H groups in total. The van der Waals surface area contributed by atoms with Crippen molar-refractivity contribution in [3.05, 3.63) is 64.1 Å². The number of anilines is 1. The second-order valence-electron chi connectivity index (χ2n) is 7.53. The van der Waals surface area contributed by atoms with Crippen LogP contribution < -0.4 is 15.8 Å². The van der Waals surface area contributed by atoms with Crippen LogP contribution in [-0.2, 0) is 11.3 Å². The van der Waals surface area contributed by atoms with E-state index >= 15 is 0 Å². The zero-order valence-corrected chi connectivity index (χ0v) is 16.8. The molecule has 1 fully saturated rings. The fourth-order valence-corrected chi connectivity index (χ4v) is 3.85. The number of hydrogen-bond acceptors (Lipinski definition) is 5. The van der Waals surface area contributed by atoms with Crippen LogP contribution in [0.25, 0.3) is 11.2 Å². The lowest BCUT2D eigenvalue weighted by Gasteiger charge is -2.31. The number of amides is 1. The number of nitrogens with one attached hydrogen (secondary N) is 1. The number of pyridine rings is 1. The lowest BCUT2D eigenvalue weighted by Crippen LogP contribution is -2.42. The van der Waals surface area contributed by atoms with Crippen molar-refractivity contribution in [1.29, 1.82) is 0 Å². The van der Waals surface area contributed by atoms with E-state index < -0.39 is 0 Å². The van der Waals surface area contributed by atoms with Gasteiger partial charge in [-0.3, -0.25) is 14.2 Å². The van der Waals surface area contributed by atoms with E-state index in [9.17, 15) is 9.59 Å². The van der Waals surface area contributed by atoms with Crippen LogP contribution in [0.5, 0.6) is 0 Å². The van der Waals surface area contributed by atoms with Crippen molar-refractivity contribution in [1.82, 2.24) is 19.9 Å². The Morgan fingerprint density at radius 1 is 1.17 bits per heavy atom. The Balaban J connectivity index is 1.70. The van der Waals surface area contributed by atoms with Gasteiger partial charge < -0.3 is 10.2 Å². The van der Waals surface area contributed by atoms with Gasteiger partial charge in [0.05, 0.1) is 6.54 Å². The van der Waals surface area contributed by atoms with E-state index in [1.807, 2.05) is 48.2 Å². The average molecular weight is 391 g/mol. The Labute approximate surface area is 169 Å². The lowest BCUT2D eigenvalue weighted by molar-refractivity contribution is -0.125. The van der Waals surface area contributed by atoms with Crippen molar-refractivity contribution in [3.8, 4) is 0 Å². The Morgan fingerprint density at radius 2 is 1.90 bits per heavy atom. The van der Waals surface area contributed by atoms with Crippen LogP contribution in [0.15, 0.2) is 47.4 Å². The van der Waals surface area contributed by atoms with Crippen molar-refractivity contribution >= 4 is 22.9 Å². The first-order valence-electron chi connectivity index (χ1n) is 9.94. The zero-order chi connectivity index (χ0) is 20.4. The first-order chi connectivity index (χ1) is 14.1. The smallest absolute Gasteiger partial charge is 0.295 e. The molecule has 150 valence electrons. The van der Waals surface area contributed by atoms with Gasteiger partial charge in [-0.1, -0.05) is 29.8 Å². The largest absolute Gasteiger partial charge is 0.359 e. The van der Waals surface area contributed by atoms with Crippen LogP contribution in [0, 0.1) is 12.8 Å². The molecular formula is C22H25N5O2. The monoisotopic (exact) mass is 391 g/mol. The minimum atomic E-state index is -0.143. The van der Waals surface area contributed by atoms with Gasteiger partial charge in [0.15, 0.2) is 11.5 Å². The number of carbonyl (C=O) groups excluding carboxylic acids is 1. The van der Waals surface area contributed by atoms with Gasteiger partial charge in [-0.05, 0) is 37.5 Å². The standard InChI is InChI=1S/C22H25N5O2/c1-15-5-7-16(8-6-15)14-27-19-18(4-3-11-24-19)25-20(22(27)29)26-12-9-17(10-13-26)21(28)23-2/h3-8,11,17H,9-10,12-14H2,1-2H3,(H,23,28). The molecule has 3 aromatic rings. The maximum atomic E-state index is 13.4. The van der Waals surface area contributed by atoms with E-state index in [0.717, 1.165) is 5.56 Å². The normalized spacial score (nSPS) is 14.9. The SMILES string of the molecule is CNC(=O)C1CCN(c2nc3cccnc3n(Cc3ccc(C)cc3)c2=O)CC1. The van der Waals surface area contributed by atoms with Gasteiger partial charge in [0.1, 0.15) is 5.52 Å². The average Bonchev–Trinajstić information content (AvgIpc) is 2.76. The predicted molar refractivity (Wildman–Crippen MR) is 113 cm³/mol. The van der Waals surface area contributed by atoms with Gasteiger partial charge in [0, 0.05) is 32.3 Å². The molecule has 1 aliphatic rings. The molecule has 0 aliphatic carbocycles. The first-order valence-corrected chi connectivity index (χ1v) is 9.94. The minimum absolute atomic E-state index is 0.00634. The van der Waals surface area contributed by atoms with Gasteiger partial charge in [-0.15, -0.1) is 0 Å². The number of hydrogen-bond donors (Lipinski definition) is 1. The summed E-state index contributed by atoms with van der Waals surface area (Å²) in [6.07, 6.45) is 3.11. The summed E-state index contributed by atoms with van der Waals surface area (Å²) < 4.78 is 1.70. The molecule has 2 aromatic heterocycles. The van der Waals surface area contributed by atoms with Crippen molar-refractivity contribution in [2.45, 2.75) is 26.3 Å². The number of aryl methyl sites for hydroxylation is 1. The molecular weight excluding hydrogens is 366 g/mol. The Bertz CT molecular complexity index is 1080. The molecule has 0 unspecified atom stereocenters. The first kappa shape index (κ1) is 19.1. The van der Waals surface area contributed by atoms with Crippen LogP contribution in [0.2, 0.25) is 0 Å². The van der Waals surface area contributed by atoms with Crippen molar-refractivity contribution in [2.24, 2.45) is 5.92 Å². The van der Waals surface area contributed by atoms with Gasteiger partial charge in [-0.2, -0.15) is 0 Å². The molecule has 1 saturated heterocycles. The van der Waals surface area contributed by atoms with Crippen LogP contribution in [-0.4, -0.2) is 40.6 Å². The van der Waals surface area contributed by atoms with Gasteiger partial charge in [0.2, 0.25) is 5.91 Å². The third-order valence-corrected chi connectivity index (χ3v) is 5.56. The highest BCUT2D eigenvalue weighted by atomic mass is 16.2. The molecule has 0 radical (unpaired) electrons. The quantitative estimate of drug-likeness (QED) is 0.737. The number of aromatic nitrogens is 3. The van der Waals surface area contributed by atoms with E-state index in [2.05, 4.69) is 15.3 Å². The van der Waals surface area contributed by atoms with E-state index in [1.165, 1.54) is 5.56 Å². The molecule has 0 atom stereocenters. The molecule has 1 aliphatic heterocycles. The summed E-state index contributed by atoms with van der Waals surface area (Å²) in [6, 6.07) is 11.9. The highest BCUT2D eigenvalue weighted by molar-refractivity contribution is 5.78. The number of rotatable bonds is 4. The van der Waals surface area contributed by atoms with E-state index in [1.54, 1.807) is 17.8 Å². The summed E-state index contributed by atoms with van der Waals surface area (Å²) in [5.74, 6) is 0.498. The predicted octanol–water partition coefficient (Wildman–Crippen LogP) is 2.11. The highest BCUT2D eigenvalue weighted by Crippen LogP contribution is 2.22. The zero-order valence-electron chi connectivity index (χ0n) is 16.8. The maximum absolute atomic E-state index is 13.4. The van der Waals surface area contributed by atoms with Gasteiger partial charge >= 0.3 is 0 Å². The summed E-state index contributed by atoms with van der Waals surface area (Å²) >= 11 is 0. The Hall–Kier alpha value is -3.22. The minimum Gasteiger partial charge on any atom is -0.359 e. The molecule has 29 heavy (non-hydrogen) atoms. The summed E-state index contributed by atoms with van der Waals surface area (Å²) in [6.45, 7) is 3.75. The molecule has 0 bridgehead atoms. The topological polar surface area (TPSA) is 80.1 Å². The maximum Gasteiger partial charge on any atom is 0.295 e. The third kappa shape index (κ3) is 3.85. The third-order valence-electron chi connectivity index (χ3n) is 5.56. The fourth-order valence-electron chi connectivity index (χ4n) is 3.85. The molecule has 1 amide bonds. The number of piperidine rings is 1. The molecule has 3 heterocycles. The van der Waals surface area contributed by atoms with Crippen molar-refractivity contribution in [2.75, 3.05) is 25.0 Å². The molecule has 0 spiro atoms. The number of benzene rings is 1. The lowest BCUT2D eigenvalue weighted by atomic mass is 9.96. The number of carbonyl (C=O) groups is 1. The van der Waals surface area contributed by atoms with Crippen molar-refractivity contribution < 1.29 is 4.79 Å². The molecule has 7 nitrogen and oxygen atoms in total. The van der Waals surface area contributed by atoms with Crippen LogP contribution in [0.3, 0.4) is 0 Å². The molecule has 7 heteroatoms. The highest BCUT2D eigenvalue weighted by Gasteiger charge is 2.27. The van der Waals surface area contributed by atoms with Crippen molar-refractivity contribution in [3.63, 3.8) is 0 Å². The van der Waals surface area contributed by atoms with Crippen LogP contribution in [0.1, 0.15) is 24.0 Å².